The van der Waals surface area contributed by atoms with E-state index in [1.807, 2.05) is 42.5 Å². The molecule has 3 aromatic rings. The van der Waals surface area contributed by atoms with Gasteiger partial charge in [-0.05, 0) is 36.4 Å². The molecule has 0 aliphatic heterocycles. The quantitative estimate of drug-likeness (QED) is 0.175. The van der Waals surface area contributed by atoms with E-state index in [0.717, 1.165) is 4.90 Å². The molecule has 0 unspecified atom stereocenters. The molecule has 0 aromatic heterocycles. The first kappa shape index (κ1) is 26.9. The lowest BCUT2D eigenvalue weighted by Crippen LogP contribution is -2.39. The van der Waals surface area contributed by atoms with Gasteiger partial charge in [-0.3, -0.25) is 0 Å². The minimum Gasteiger partial charge on any atom is -0.743 e. The smallest absolute Gasteiger partial charge is 0.428 e. The van der Waals surface area contributed by atoms with Crippen LogP contribution in [0.4, 0.5) is 13.2 Å². The zero-order chi connectivity index (χ0) is 24.5. The van der Waals surface area contributed by atoms with Gasteiger partial charge in [0.05, 0.1) is 10.9 Å². The number of hydrogen-bond donors (Lipinski definition) is 0. The molecule has 11 heteroatoms. The van der Waals surface area contributed by atoms with Crippen LogP contribution in [-0.2, 0) is 30.5 Å². The van der Waals surface area contributed by atoms with Crippen LogP contribution in [0.15, 0.2) is 99.6 Å². The summed E-state index contributed by atoms with van der Waals surface area (Å²) in [7, 11) is -6.27. The SMILES string of the molecule is Fc1cccc([S+](c2ccccc2)c2ccccc2)c1.O=C(OCCBr)C(F)(F)S(=O)(=O)[O-]. The Balaban J connectivity index is 0.000000260. The highest BCUT2D eigenvalue weighted by atomic mass is 79.9. The van der Waals surface area contributed by atoms with Crippen LogP contribution in [0, 0.1) is 5.82 Å². The third kappa shape index (κ3) is 7.60. The van der Waals surface area contributed by atoms with Crippen LogP contribution in [0.5, 0.6) is 0 Å². The molecule has 0 atom stereocenters. The minimum atomic E-state index is -6.01. The summed E-state index contributed by atoms with van der Waals surface area (Å²) in [6, 6.07) is 27.4. The second-order valence-electron chi connectivity index (χ2n) is 6.19. The van der Waals surface area contributed by atoms with E-state index in [2.05, 4.69) is 44.9 Å². The lowest BCUT2D eigenvalue weighted by molar-refractivity contribution is -0.160. The summed E-state index contributed by atoms with van der Waals surface area (Å²) in [5.41, 5.74) is 0. The third-order valence-corrected chi connectivity index (χ3v) is 7.18. The van der Waals surface area contributed by atoms with Gasteiger partial charge in [0, 0.05) is 11.4 Å². The van der Waals surface area contributed by atoms with Crippen LogP contribution < -0.4 is 0 Å². The molecule has 0 radical (unpaired) electrons. The summed E-state index contributed by atoms with van der Waals surface area (Å²) in [6.07, 6.45) is 0. The predicted octanol–water partition coefficient (Wildman–Crippen LogP) is 4.98. The second kappa shape index (κ2) is 12.2. The van der Waals surface area contributed by atoms with E-state index in [4.69, 9.17) is 0 Å². The maximum Gasteiger partial charge on any atom is 0.428 e. The van der Waals surface area contributed by atoms with Gasteiger partial charge >= 0.3 is 11.2 Å². The topological polar surface area (TPSA) is 83.5 Å². The van der Waals surface area contributed by atoms with Crippen molar-refractivity contribution in [3.05, 3.63) is 90.7 Å². The maximum absolute atomic E-state index is 13.6. The molecule has 5 nitrogen and oxygen atoms in total. The van der Waals surface area contributed by atoms with E-state index in [1.54, 1.807) is 12.1 Å². The molecule has 3 rings (SSSR count). The number of carbonyl (C=O) groups excluding carboxylic acids is 1. The van der Waals surface area contributed by atoms with Crippen molar-refractivity contribution < 1.29 is 35.7 Å². The molecule has 0 saturated carbocycles. The lowest BCUT2D eigenvalue weighted by Gasteiger charge is -2.17. The molecule has 0 aliphatic carbocycles. The molecule has 0 spiro atoms. The van der Waals surface area contributed by atoms with Gasteiger partial charge in [0.25, 0.3) is 0 Å². The Hall–Kier alpha value is -2.34. The monoisotopic (exact) mass is 562 g/mol. The largest absolute Gasteiger partial charge is 0.743 e. The van der Waals surface area contributed by atoms with E-state index in [-0.39, 0.29) is 22.0 Å². The second-order valence-corrected chi connectivity index (χ2v) is 10.4. The normalized spacial score (nSPS) is 11.5. The van der Waals surface area contributed by atoms with Gasteiger partial charge in [0.1, 0.15) is 12.4 Å². The van der Waals surface area contributed by atoms with Crippen molar-refractivity contribution in [2.75, 3.05) is 11.9 Å². The Morgan fingerprint density at radius 2 is 1.39 bits per heavy atom. The fourth-order valence-electron chi connectivity index (χ4n) is 2.43. The summed E-state index contributed by atoms with van der Waals surface area (Å²) in [5.74, 6) is -2.55. The summed E-state index contributed by atoms with van der Waals surface area (Å²) in [5, 5.41) is -4.96. The first-order valence-corrected chi connectivity index (χ1v) is 13.0. The van der Waals surface area contributed by atoms with E-state index < -0.39 is 27.9 Å². The van der Waals surface area contributed by atoms with Crippen LogP contribution in [0.3, 0.4) is 0 Å². The predicted molar refractivity (Wildman–Crippen MR) is 121 cm³/mol. The van der Waals surface area contributed by atoms with Gasteiger partial charge in [-0.25, -0.2) is 17.6 Å². The van der Waals surface area contributed by atoms with Crippen LogP contribution in [0.25, 0.3) is 0 Å². The fourth-order valence-corrected chi connectivity index (χ4v) is 4.98. The molecular weight excluding hydrogens is 545 g/mol. The van der Waals surface area contributed by atoms with Crippen LogP contribution in [0.2, 0.25) is 0 Å². The van der Waals surface area contributed by atoms with E-state index >= 15 is 0 Å². The van der Waals surface area contributed by atoms with Gasteiger partial charge in [-0.1, -0.05) is 58.4 Å². The number of benzene rings is 3. The summed E-state index contributed by atoms with van der Waals surface area (Å²) < 4.78 is 71.4. The zero-order valence-electron chi connectivity index (χ0n) is 16.9. The molecule has 0 heterocycles. The Morgan fingerprint density at radius 3 is 1.82 bits per heavy atom. The Kier molecular flexibility index (Phi) is 9.96. The summed E-state index contributed by atoms with van der Waals surface area (Å²) in [4.78, 5) is 13.7. The number of alkyl halides is 3. The van der Waals surface area contributed by atoms with Gasteiger partial charge in [0.15, 0.2) is 24.8 Å². The number of ether oxygens (including phenoxy) is 1. The molecule has 0 saturated heterocycles. The average molecular weight is 563 g/mol. The Morgan fingerprint density at radius 1 is 0.909 bits per heavy atom. The van der Waals surface area contributed by atoms with E-state index in [9.17, 15) is 30.9 Å². The molecule has 0 fully saturated rings. The molecular formula is C22H18BrF3O5S2. The van der Waals surface area contributed by atoms with Crippen molar-refractivity contribution >= 4 is 42.9 Å². The van der Waals surface area contributed by atoms with Gasteiger partial charge in [0.2, 0.25) is 0 Å². The zero-order valence-corrected chi connectivity index (χ0v) is 20.1. The number of rotatable bonds is 7. The Bertz CT molecular complexity index is 1110. The third-order valence-electron chi connectivity index (χ3n) is 3.85. The van der Waals surface area contributed by atoms with Gasteiger partial charge in [-0.2, -0.15) is 8.78 Å². The Labute approximate surface area is 200 Å². The van der Waals surface area contributed by atoms with Crippen molar-refractivity contribution in [3.8, 4) is 0 Å². The molecule has 0 N–H and O–H groups in total. The van der Waals surface area contributed by atoms with Gasteiger partial charge in [-0.15, -0.1) is 0 Å². The summed E-state index contributed by atoms with van der Waals surface area (Å²) in [6.45, 7) is -0.441. The van der Waals surface area contributed by atoms with Gasteiger partial charge < -0.3 is 9.29 Å². The fraction of sp³-hybridized carbons (Fsp3) is 0.136. The van der Waals surface area contributed by atoms with Crippen molar-refractivity contribution in [2.24, 2.45) is 0 Å². The maximum atomic E-state index is 13.6. The lowest BCUT2D eigenvalue weighted by atomic mass is 10.3. The van der Waals surface area contributed by atoms with Crippen molar-refractivity contribution in [3.63, 3.8) is 0 Å². The first-order chi connectivity index (χ1) is 15.6. The molecule has 33 heavy (non-hydrogen) atoms. The molecule has 0 amide bonds. The standard InChI is InChI=1S/C18H14FS.C4H5BrF2O5S/c19-15-8-7-13-18(14-15)20(16-9-3-1-4-10-16)17-11-5-2-6-12-17;5-1-2-12-3(8)4(6,7)13(9,10)11/h1-14H;1-2H2,(H,9,10,11)/q+1;/p-1. The number of halogens is 4. The minimum absolute atomic E-state index is 0.0632. The number of hydrogen-bond acceptors (Lipinski definition) is 5. The average Bonchev–Trinajstić information content (AvgIpc) is 2.79. The van der Waals surface area contributed by atoms with Crippen molar-refractivity contribution in [1.29, 1.82) is 0 Å². The van der Waals surface area contributed by atoms with Crippen molar-refractivity contribution in [1.82, 2.24) is 0 Å². The van der Waals surface area contributed by atoms with Crippen LogP contribution >= 0.6 is 15.9 Å². The van der Waals surface area contributed by atoms with Crippen molar-refractivity contribution in [2.45, 2.75) is 19.9 Å². The number of esters is 1. The molecule has 3 aromatic carbocycles. The number of carbonyl (C=O) groups is 1. The van der Waals surface area contributed by atoms with E-state index in [0.29, 0.717) is 0 Å². The summed E-state index contributed by atoms with van der Waals surface area (Å²) >= 11 is 2.75. The highest BCUT2D eigenvalue weighted by molar-refractivity contribution is 9.09. The molecule has 0 bridgehead atoms. The van der Waals surface area contributed by atoms with Crippen LogP contribution in [-0.4, -0.2) is 36.1 Å². The van der Waals surface area contributed by atoms with E-state index in [1.165, 1.54) is 15.9 Å². The molecule has 176 valence electrons. The van der Waals surface area contributed by atoms with Crippen LogP contribution in [0.1, 0.15) is 0 Å². The first-order valence-electron chi connectivity index (χ1n) is 9.24. The molecule has 0 aliphatic rings. The highest BCUT2D eigenvalue weighted by Gasteiger charge is 2.48. The highest BCUT2D eigenvalue weighted by Crippen LogP contribution is 2.31.